The summed E-state index contributed by atoms with van der Waals surface area (Å²) in [5.41, 5.74) is 1.45. The lowest BCUT2D eigenvalue weighted by Gasteiger charge is -2.14. The molecule has 1 N–H and O–H groups in total. The van der Waals surface area contributed by atoms with Gasteiger partial charge >= 0.3 is 0 Å². The van der Waals surface area contributed by atoms with Gasteiger partial charge in [-0.3, -0.25) is 4.79 Å². The van der Waals surface area contributed by atoms with Gasteiger partial charge in [0.15, 0.2) is 0 Å². The molecule has 0 saturated heterocycles. The number of para-hydroxylation sites is 1. The van der Waals surface area contributed by atoms with Crippen LogP contribution in [-0.2, 0) is 11.2 Å². The van der Waals surface area contributed by atoms with Gasteiger partial charge in [-0.15, -0.1) is 0 Å². The molecule has 0 radical (unpaired) electrons. The van der Waals surface area contributed by atoms with Crippen LogP contribution in [0, 0.1) is 17.2 Å². The normalized spacial score (nSPS) is 11.2. The number of nitriles is 1. The van der Waals surface area contributed by atoms with Crippen LogP contribution in [0.4, 0.5) is 5.69 Å². The number of amides is 1. The van der Waals surface area contributed by atoms with Crippen molar-refractivity contribution in [2.24, 2.45) is 5.92 Å². The number of carbonyl (C=O) groups is 1. The summed E-state index contributed by atoms with van der Waals surface area (Å²) >= 11 is 0. The van der Waals surface area contributed by atoms with Gasteiger partial charge in [0.25, 0.3) is 0 Å². The quantitative estimate of drug-likeness (QED) is 0.890. The summed E-state index contributed by atoms with van der Waals surface area (Å²) in [6, 6.07) is 16.4. The fourth-order valence-corrected chi connectivity index (χ4v) is 2.19. The van der Waals surface area contributed by atoms with Crippen molar-refractivity contribution >= 4 is 11.6 Å². The Morgan fingerprint density at radius 1 is 1.17 bits per heavy atom. The summed E-state index contributed by atoms with van der Waals surface area (Å²) in [4.78, 5) is 12.3. The van der Waals surface area contributed by atoms with Crippen LogP contribution in [0.2, 0.25) is 0 Å². The third kappa shape index (κ3) is 4.24. The molecule has 0 aromatic heterocycles. The van der Waals surface area contributed by atoms with Crippen molar-refractivity contribution in [3.8, 4) is 17.6 Å². The van der Waals surface area contributed by atoms with E-state index in [2.05, 4.69) is 11.4 Å². The van der Waals surface area contributed by atoms with E-state index in [0.717, 1.165) is 5.56 Å². The maximum absolute atomic E-state index is 12.3. The minimum Gasteiger partial charge on any atom is -0.497 e. The topological polar surface area (TPSA) is 71.3 Å². The summed E-state index contributed by atoms with van der Waals surface area (Å²) < 4.78 is 10.5. The number of nitrogens with zero attached hydrogens (tertiary/aromatic N) is 1. The molecule has 0 bridgehead atoms. The van der Waals surface area contributed by atoms with Gasteiger partial charge in [0.1, 0.15) is 17.4 Å². The molecule has 2 aromatic rings. The number of rotatable bonds is 6. The van der Waals surface area contributed by atoms with Gasteiger partial charge in [0.2, 0.25) is 5.91 Å². The summed E-state index contributed by atoms with van der Waals surface area (Å²) in [5.74, 6) is 0.110. The van der Waals surface area contributed by atoms with Crippen LogP contribution >= 0.6 is 0 Å². The standard InChI is InChI=1S/C18H18N2O3/c1-22-16-9-8-13(17(11-16)23-2)10-14(12-19)18(21)20-15-6-4-3-5-7-15/h3-9,11,14H,10H2,1-2H3,(H,20,21)/t14-/m1/s1. The average molecular weight is 310 g/mol. The zero-order chi connectivity index (χ0) is 16.7. The molecule has 0 aliphatic rings. The zero-order valence-electron chi connectivity index (χ0n) is 13.1. The molecule has 0 spiro atoms. The van der Waals surface area contributed by atoms with E-state index in [0.29, 0.717) is 17.2 Å². The largest absolute Gasteiger partial charge is 0.497 e. The Morgan fingerprint density at radius 3 is 2.52 bits per heavy atom. The van der Waals surface area contributed by atoms with Gasteiger partial charge in [0, 0.05) is 18.2 Å². The Hall–Kier alpha value is -3.00. The van der Waals surface area contributed by atoms with Crippen molar-refractivity contribution < 1.29 is 14.3 Å². The Bertz CT molecular complexity index is 708. The van der Waals surface area contributed by atoms with E-state index >= 15 is 0 Å². The predicted octanol–water partition coefficient (Wildman–Crippen LogP) is 3.02. The minimum absolute atomic E-state index is 0.266. The molecular formula is C18H18N2O3. The molecule has 0 unspecified atom stereocenters. The number of carbonyl (C=O) groups excluding carboxylic acids is 1. The number of benzene rings is 2. The first kappa shape index (κ1) is 16.4. The van der Waals surface area contributed by atoms with Gasteiger partial charge < -0.3 is 14.8 Å². The first-order valence-corrected chi connectivity index (χ1v) is 7.14. The Morgan fingerprint density at radius 2 is 1.91 bits per heavy atom. The Labute approximate surface area is 135 Å². The Kier molecular flexibility index (Phi) is 5.59. The van der Waals surface area contributed by atoms with Crippen LogP contribution in [0.3, 0.4) is 0 Å². The predicted molar refractivity (Wildman–Crippen MR) is 87.4 cm³/mol. The molecule has 5 nitrogen and oxygen atoms in total. The second kappa shape index (κ2) is 7.85. The van der Waals surface area contributed by atoms with Crippen LogP contribution in [0.5, 0.6) is 11.5 Å². The van der Waals surface area contributed by atoms with E-state index in [-0.39, 0.29) is 12.3 Å². The Balaban J connectivity index is 2.13. The van der Waals surface area contributed by atoms with E-state index in [1.54, 1.807) is 44.6 Å². The summed E-state index contributed by atoms with van der Waals surface area (Å²) in [5, 5.41) is 12.1. The highest BCUT2D eigenvalue weighted by molar-refractivity contribution is 5.94. The highest BCUT2D eigenvalue weighted by Crippen LogP contribution is 2.27. The number of anilines is 1. The monoisotopic (exact) mass is 310 g/mol. The molecule has 0 aliphatic heterocycles. The molecule has 5 heteroatoms. The lowest BCUT2D eigenvalue weighted by molar-refractivity contribution is -0.118. The second-order valence-electron chi connectivity index (χ2n) is 4.92. The molecule has 0 heterocycles. The van der Waals surface area contributed by atoms with Crippen LogP contribution < -0.4 is 14.8 Å². The lowest BCUT2D eigenvalue weighted by Crippen LogP contribution is -2.23. The summed E-state index contributed by atoms with van der Waals surface area (Å²) in [7, 11) is 3.11. The summed E-state index contributed by atoms with van der Waals surface area (Å²) in [6.45, 7) is 0. The molecule has 0 aliphatic carbocycles. The first-order chi connectivity index (χ1) is 11.2. The zero-order valence-corrected chi connectivity index (χ0v) is 13.1. The number of methoxy groups -OCH3 is 2. The van der Waals surface area contributed by atoms with Gasteiger partial charge in [-0.25, -0.2) is 0 Å². The van der Waals surface area contributed by atoms with E-state index in [1.807, 2.05) is 18.2 Å². The maximum atomic E-state index is 12.3. The highest BCUT2D eigenvalue weighted by atomic mass is 16.5. The van der Waals surface area contributed by atoms with E-state index in [9.17, 15) is 10.1 Å². The van der Waals surface area contributed by atoms with Gasteiger partial charge in [-0.1, -0.05) is 24.3 Å². The molecule has 23 heavy (non-hydrogen) atoms. The fraction of sp³-hybridized carbons (Fsp3) is 0.222. The van der Waals surface area contributed by atoms with Crippen LogP contribution in [0.1, 0.15) is 5.56 Å². The van der Waals surface area contributed by atoms with E-state index in [4.69, 9.17) is 9.47 Å². The van der Waals surface area contributed by atoms with Gasteiger partial charge in [-0.2, -0.15) is 5.26 Å². The molecule has 1 atom stereocenters. The smallest absolute Gasteiger partial charge is 0.242 e. The van der Waals surface area contributed by atoms with E-state index < -0.39 is 5.92 Å². The number of hydrogen-bond donors (Lipinski definition) is 1. The molecule has 0 fully saturated rings. The molecule has 118 valence electrons. The highest BCUT2D eigenvalue weighted by Gasteiger charge is 2.20. The van der Waals surface area contributed by atoms with E-state index in [1.165, 1.54) is 0 Å². The van der Waals surface area contributed by atoms with Gasteiger partial charge in [0.05, 0.1) is 20.3 Å². The average Bonchev–Trinajstić information content (AvgIpc) is 2.60. The van der Waals surface area contributed by atoms with Crippen molar-refractivity contribution in [3.05, 3.63) is 54.1 Å². The molecule has 1 amide bonds. The minimum atomic E-state index is -0.808. The van der Waals surface area contributed by atoms with Crippen LogP contribution in [0.25, 0.3) is 0 Å². The first-order valence-electron chi connectivity index (χ1n) is 7.14. The fourth-order valence-electron chi connectivity index (χ4n) is 2.19. The van der Waals surface area contributed by atoms with Crippen molar-refractivity contribution in [3.63, 3.8) is 0 Å². The van der Waals surface area contributed by atoms with Gasteiger partial charge in [-0.05, 0) is 23.8 Å². The molecule has 2 aromatic carbocycles. The summed E-state index contributed by atoms with van der Waals surface area (Å²) in [6.07, 6.45) is 0.266. The maximum Gasteiger partial charge on any atom is 0.242 e. The molecule has 0 saturated carbocycles. The SMILES string of the molecule is COc1ccc(C[C@H](C#N)C(=O)Nc2ccccc2)c(OC)c1. The van der Waals surface area contributed by atoms with Crippen LogP contribution in [0.15, 0.2) is 48.5 Å². The second-order valence-corrected chi connectivity index (χ2v) is 4.92. The van der Waals surface area contributed by atoms with Crippen LogP contribution in [-0.4, -0.2) is 20.1 Å². The third-order valence-electron chi connectivity index (χ3n) is 3.43. The van der Waals surface area contributed by atoms with Crippen molar-refractivity contribution in [1.29, 1.82) is 5.26 Å². The number of ether oxygens (including phenoxy) is 2. The number of hydrogen-bond acceptors (Lipinski definition) is 4. The molecular weight excluding hydrogens is 292 g/mol. The molecule has 2 rings (SSSR count). The van der Waals surface area contributed by atoms with Crippen molar-refractivity contribution in [1.82, 2.24) is 0 Å². The third-order valence-corrected chi connectivity index (χ3v) is 3.43. The van der Waals surface area contributed by atoms with Crippen molar-refractivity contribution in [2.45, 2.75) is 6.42 Å². The lowest BCUT2D eigenvalue weighted by atomic mass is 9.98. The van der Waals surface area contributed by atoms with Crippen molar-refractivity contribution in [2.75, 3.05) is 19.5 Å². The number of nitrogens with one attached hydrogen (secondary N) is 1.